The van der Waals surface area contributed by atoms with Crippen LogP contribution in [0.15, 0.2) is 42.7 Å². The smallest absolute Gasteiger partial charge is 0.233 e. The van der Waals surface area contributed by atoms with Gasteiger partial charge in [0.15, 0.2) is 5.65 Å². The molecule has 1 saturated heterocycles. The Bertz CT molecular complexity index is 1020. The topological polar surface area (TPSA) is 66.6 Å². The van der Waals surface area contributed by atoms with E-state index in [1.165, 1.54) is 11.1 Å². The Balaban J connectivity index is 1.32. The average molecular weight is 376 g/mol. The number of aryl methyl sites for hydroxylation is 1. The number of hydrogen-bond acceptors (Lipinski definition) is 5. The van der Waals surface area contributed by atoms with Gasteiger partial charge in [-0.1, -0.05) is 24.3 Å². The van der Waals surface area contributed by atoms with E-state index in [-0.39, 0.29) is 5.91 Å². The Labute approximate surface area is 164 Å². The van der Waals surface area contributed by atoms with Crippen molar-refractivity contribution in [1.82, 2.24) is 24.7 Å². The lowest BCUT2D eigenvalue weighted by Crippen LogP contribution is -2.54. The fraction of sp³-hybridized carbons (Fsp3) is 0.429. The molecular weight excluding hydrogens is 352 g/mol. The summed E-state index contributed by atoms with van der Waals surface area (Å²) in [6, 6.07) is 12.3. The monoisotopic (exact) mass is 376 g/mol. The molecule has 28 heavy (non-hydrogen) atoms. The predicted molar refractivity (Wildman–Crippen MR) is 106 cm³/mol. The highest BCUT2D eigenvalue weighted by atomic mass is 16.2. The molecule has 0 spiro atoms. The fourth-order valence-corrected chi connectivity index (χ4v) is 4.64. The molecular formula is C21H24N6O. The van der Waals surface area contributed by atoms with Gasteiger partial charge in [0, 0.05) is 26.2 Å². The molecule has 1 aromatic carbocycles. The van der Waals surface area contributed by atoms with Gasteiger partial charge in [0.2, 0.25) is 5.91 Å². The summed E-state index contributed by atoms with van der Waals surface area (Å²) in [4.78, 5) is 17.8. The van der Waals surface area contributed by atoms with Crippen LogP contribution in [0, 0.1) is 0 Å². The molecule has 1 unspecified atom stereocenters. The zero-order valence-corrected chi connectivity index (χ0v) is 16.1. The van der Waals surface area contributed by atoms with Gasteiger partial charge in [-0.05, 0) is 49.4 Å². The molecule has 1 aliphatic heterocycles. The van der Waals surface area contributed by atoms with Crippen LogP contribution in [0.1, 0.15) is 30.9 Å². The van der Waals surface area contributed by atoms with Gasteiger partial charge >= 0.3 is 0 Å². The van der Waals surface area contributed by atoms with Crippen LogP contribution in [0.5, 0.6) is 0 Å². The van der Waals surface area contributed by atoms with E-state index >= 15 is 0 Å². The van der Waals surface area contributed by atoms with Crippen LogP contribution >= 0.6 is 0 Å². The van der Waals surface area contributed by atoms with E-state index in [4.69, 9.17) is 0 Å². The number of rotatable bonds is 2. The summed E-state index contributed by atoms with van der Waals surface area (Å²) >= 11 is 0. The molecule has 1 aliphatic carbocycles. The lowest BCUT2D eigenvalue weighted by atomic mass is 9.70. The number of piperazine rings is 1. The van der Waals surface area contributed by atoms with Crippen molar-refractivity contribution < 1.29 is 4.79 Å². The Morgan fingerprint density at radius 2 is 1.89 bits per heavy atom. The zero-order valence-electron chi connectivity index (χ0n) is 16.1. The standard InChI is InChI=1S/C21H24N6O/c1-21(10-4-6-16-5-2-3-7-17(16)21)20(28)26-13-11-25(12-14-26)19-9-8-18-23-22-15-27(18)24-19/h2-3,5,7-9,15H,4,6,10-14H2,1H3. The summed E-state index contributed by atoms with van der Waals surface area (Å²) in [5.41, 5.74) is 2.88. The molecule has 1 fully saturated rings. The lowest BCUT2D eigenvalue weighted by Gasteiger charge is -2.42. The largest absolute Gasteiger partial charge is 0.352 e. The van der Waals surface area contributed by atoms with Crippen molar-refractivity contribution >= 4 is 17.4 Å². The second-order valence-corrected chi connectivity index (χ2v) is 7.95. The SMILES string of the molecule is CC1(C(=O)N2CCN(c3ccc4nncn4n3)CC2)CCCc2ccccc21. The minimum Gasteiger partial charge on any atom is -0.352 e. The van der Waals surface area contributed by atoms with Crippen LogP contribution in [-0.4, -0.2) is 56.8 Å². The molecule has 0 saturated carbocycles. The summed E-state index contributed by atoms with van der Waals surface area (Å²) in [6.45, 7) is 5.13. The van der Waals surface area contributed by atoms with Crippen molar-refractivity contribution in [2.24, 2.45) is 0 Å². The Morgan fingerprint density at radius 3 is 2.75 bits per heavy atom. The van der Waals surface area contributed by atoms with E-state index in [0.29, 0.717) is 0 Å². The van der Waals surface area contributed by atoms with Gasteiger partial charge in [-0.25, -0.2) is 0 Å². The maximum atomic E-state index is 13.5. The van der Waals surface area contributed by atoms with Crippen LogP contribution in [0.2, 0.25) is 0 Å². The normalized spacial score (nSPS) is 22.3. The van der Waals surface area contributed by atoms with Gasteiger partial charge in [0.05, 0.1) is 5.41 Å². The lowest BCUT2D eigenvalue weighted by molar-refractivity contribution is -0.137. The Morgan fingerprint density at radius 1 is 1.07 bits per heavy atom. The molecule has 5 rings (SSSR count). The number of nitrogens with zero attached hydrogens (tertiary/aromatic N) is 6. The Hall–Kier alpha value is -2.96. The summed E-state index contributed by atoms with van der Waals surface area (Å²) in [6.07, 6.45) is 4.68. The first kappa shape index (κ1) is 17.2. The predicted octanol–water partition coefficient (Wildman–Crippen LogP) is 2.07. The van der Waals surface area contributed by atoms with Gasteiger partial charge < -0.3 is 9.80 Å². The highest BCUT2D eigenvalue weighted by molar-refractivity contribution is 5.88. The molecule has 144 valence electrons. The third-order valence-electron chi connectivity index (χ3n) is 6.25. The minimum absolute atomic E-state index is 0.265. The second kappa shape index (κ2) is 6.58. The molecule has 1 atom stereocenters. The minimum atomic E-state index is -0.406. The second-order valence-electron chi connectivity index (χ2n) is 7.95. The van der Waals surface area contributed by atoms with Crippen molar-refractivity contribution in [3.63, 3.8) is 0 Å². The third kappa shape index (κ3) is 2.73. The van der Waals surface area contributed by atoms with Crippen molar-refractivity contribution in [1.29, 1.82) is 0 Å². The van der Waals surface area contributed by atoms with Crippen LogP contribution in [0.3, 0.4) is 0 Å². The molecule has 2 aliphatic rings. The Kier molecular flexibility index (Phi) is 4.03. The molecule has 0 bridgehead atoms. The molecule has 2 aromatic heterocycles. The van der Waals surface area contributed by atoms with E-state index in [0.717, 1.165) is 56.9 Å². The van der Waals surface area contributed by atoms with E-state index in [2.05, 4.69) is 51.4 Å². The number of hydrogen-bond donors (Lipinski definition) is 0. The van der Waals surface area contributed by atoms with Gasteiger partial charge in [0.1, 0.15) is 12.1 Å². The van der Waals surface area contributed by atoms with Crippen molar-refractivity contribution in [2.45, 2.75) is 31.6 Å². The van der Waals surface area contributed by atoms with Crippen molar-refractivity contribution in [2.75, 3.05) is 31.1 Å². The molecule has 7 nitrogen and oxygen atoms in total. The highest BCUT2D eigenvalue weighted by Crippen LogP contribution is 2.38. The number of anilines is 1. The third-order valence-corrected chi connectivity index (χ3v) is 6.25. The van der Waals surface area contributed by atoms with E-state index < -0.39 is 5.41 Å². The average Bonchev–Trinajstić information content (AvgIpc) is 3.22. The molecule has 0 N–H and O–H groups in total. The first-order chi connectivity index (χ1) is 13.6. The van der Waals surface area contributed by atoms with Gasteiger partial charge in [-0.15, -0.1) is 15.3 Å². The number of aromatic nitrogens is 4. The van der Waals surface area contributed by atoms with E-state index in [1.54, 1.807) is 10.8 Å². The summed E-state index contributed by atoms with van der Waals surface area (Å²) in [5, 5.41) is 12.5. The number of carbonyl (C=O) groups is 1. The number of carbonyl (C=O) groups excluding carboxylic acids is 1. The number of fused-ring (bicyclic) bond motifs is 2. The molecule has 3 heterocycles. The summed E-state index contributed by atoms with van der Waals surface area (Å²) in [5.74, 6) is 1.16. The molecule has 7 heteroatoms. The maximum Gasteiger partial charge on any atom is 0.233 e. The van der Waals surface area contributed by atoms with Gasteiger partial charge in [0.25, 0.3) is 0 Å². The highest BCUT2D eigenvalue weighted by Gasteiger charge is 2.41. The fourth-order valence-electron chi connectivity index (χ4n) is 4.64. The van der Waals surface area contributed by atoms with Crippen LogP contribution in [-0.2, 0) is 16.6 Å². The van der Waals surface area contributed by atoms with Crippen LogP contribution in [0.25, 0.3) is 5.65 Å². The van der Waals surface area contributed by atoms with Gasteiger partial charge in [-0.2, -0.15) is 4.52 Å². The molecule has 3 aromatic rings. The first-order valence-corrected chi connectivity index (χ1v) is 9.95. The summed E-state index contributed by atoms with van der Waals surface area (Å²) < 4.78 is 1.69. The first-order valence-electron chi connectivity index (χ1n) is 9.95. The number of benzene rings is 1. The van der Waals surface area contributed by atoms with Crippen molar-refractivity contribution in [3.8, 4) is 0 Å². The van der Waals surface area contributed by atoms with E-state index in [1.807, 2.05) is 17.0 Å². The van der Waals surface area contributed by atoms with Crippen LogP contribution in [0.4, 0.5) is 5.82 Å². The van der Waals surface area contributed by atoms with Gasteiger partial charge in [-0.3, -0.25) is 4.79 Å². The van der Waals surface area contributed by atoms with Crippen LogP contribution < -0.4 is 4.90 Å². The maximum absolute atomic E-state index is 13.5. The quantitative estimate of drug-likeness (QED) is 0.685. The number of amides is 1. The molecule has 0 radical (unpaired) electrons. The molecule has 1 amide bonds. The van der Waals surface area contributed by atoms with E-state index in [9.17, 15) is 4.79 Å². The zero-order chi connectivity index (χ0) is 19.1. The van der Waals surface area contributed by atoms with Crippen molar-refractivity contribution in [3.05, 3.63) is 53.9 Å². The summed E-state index contributed by atoms with van der Waals surface area (Å²) in [7, 11) is 0.